The van der Waals surface area contributed by atoms with Gasteiger partial charge in [0.2, 0.25) is 0 Å². The third kappa shape index (κ3) is 4.70. The number of anilines is 2. The van der Waals surface area contributed by atoms with Gasteiger partial charge >= 0.3 is 0 Å². The van der Waals surface area contributed by atoms with Crippen LogP contribution in [0.3, 0.4) is 0 Å². The number of hydrogen-bond donors (Lipinski definition) is 2. The van der Waals surface area contributed by atoms with Gasteiger partial charge < -0.3 is 10.1 Å². The monoisotopic (exact) mass is 430 g/mol. The zero-order chi connectivity index (χ0) is 21.0. The molecule has 3 aromatic rings. The molecule has 29 heavy (non-hydrogen) atoms. The Morgan fingerprint density at radius 1 is 0.966 bits per heavy atom. The molecule has 0 saturated carbocycles. The van der Waals surface area contributed by atoms with E-state index in [9.17, 15) is 13.2 Å². The number of methoxy groups -OCH3 is 1. The van der Waals surface area contributed by atoms with Crippen LogP contribution < -0.4 is 14.8 Å². The molecule has 0 unspecified atom stereocenters. The molecule has 0 aliphatic rings. The smallest absolute Gasteiger partial charge is 0.261 e. The maximum Gasteiger partial charge on any atom is 0.261 e. The van der Waals surface area contributed by atoms with E-state index in [1.54, 1.807) is 61.5 Å². The Labute approximate surface area is 174 Å². The summed E-state index contributed by atoms with van der Waals surface area (Å²) < 4.78 is 33.0. The fourth-order valence-corrected chi connectivity index (χ4v) is 4.08. The number of rotatable bonds is 6. The molecule has 150 valence electrons. The van der Waals surface area contributed by atoms with E-state index in [-0.39, 0.29) is 4.90 Å². The van der Waals surface area contributed by atoms with Crippen LogP contribution in [0.25, 0.3) is 0 Å². The molecule has 8 heteroatoms. The largest absolute Gasteiger partial charge is 0.495 e. The standard InChI is InChI=1S/C21H19ClN2O4S/c1-14-17(21(25)23-19-13-15(22)11-12-20(19)28-2)9-6-10-18(14)24-29(26,27)16-7-4-3-5-8-16/h3-13,24H,1-2H3,(H,23,25). The van der Waals surface area contributed by atoms with E-state index >= 15 is 0 Å². The van der Waals surface area contributed by atoms with Crippen molar-refractivity contribution in [3.63, 3.8) is 0 Å². The van der Waals surface area contributed by atoms with Gasteiger partial charge in [0.15, 0.2) is 0 Å². The van der Waals surface area contributed by atoms with E-state index in [1.165, 1.54) is 19.2 Å². The van der Waals surface area contributed by atoms with Gasteiger partial charge in [0, 0.05) is 10.6 Å². The molecule has 0 heterocycles. The van der Waals surface area contributed by atoms with E-state index in [4.69, 9.17) is 16.3 Å². The molecule has 0 aliphatic heterocycles. The molecule has 0 atom stereocenters. The number of hydrogen-bond acceptors (Lipinski definition) is 4. The molecule has 3 rings (SSSR count). The summed E-state index contributed by atoms with van der Waals surface area (Å²) in [5, 5.41) is 3.20. The third-order valence-electron chi connectivity index (χ3n) is 4.29. The zero-order valence-corrected chi connectivity index (χ0v) is 17.3. The summed E-state index contributed by atoms with van der Waals surface area (Å²) in [6.07, 6.45) is 0. The first-order chi connectivity index (χ1) is 13.8. The number of benzene rings is 3. The molecule has 3 aromatic carbocycles. The van der Waals surface area contributed by atoms with Crippen molar-refractivity contribution >= 4 is 38.9 Å². The van der Waals surface area contributed by atoms with Gasteiger partial charge in [-0.2, -0.15) is 0 Å². The average Bonchev–Trinajstić information content (AvgIpc) is 2.70. The van der Waals surface area contributed by atoms with Crippen LogP contribution in [0.2, 0.25) is 5.02 Å². The number of amides is 1. The van der Waals surface area contributed by atoms with Gasteiger partial charge in [0.25, 0.3) is 15.9 Å². The van der Waals surface area contributed by atoms with Crippen LogP contribution in [0.15, 0.2) is 71.6 Å². The summed E-state index contributed by atoms with van der Waals surface area (Å²) in [6, 6.07) is 17.7. The molecule has 0 bridgehead atoms. The van der Waals surface area contributed by atoms with Gasteiger partial charge in [-0.15, -0.1) is 0 Å². The molecule has 0 fully saturated rings. The molecular formula is C21H19ClN2O4S. The van der Waals surface area contributed by atoms with Crippen LogP contribution in [-0.4, -0.2) is 21.4 Å². The molecule has 0 aromatic heterocycles. The van der Waals surface area contributed by atoms with Crippen LogP contribution in [-0.2, 0) is 10.0 Å². The van der Waals surface area contributed by atoms with E-state index in [0.717, 1.165) is 0 Å². The highest BCUT2D eigenvalue weighted by Gasteiger charge is 2.18. The Kier molecular flexibility index (Phi) is 6.10. The third-order valence-corrected chi connectivity index (χ3v) is 5.90. The lowest BCUT2D eigenvalue weighted by Gasteiger charge is -2.15. The number of halogens is 1. The second kappa shape index (κ2) is 8.55. The van der Waals surface area contributed by atoms with E-state index in [1.807, 2.05) is 0 Å². The van der Waals surface area contributed by atoms with E-state index < -0.39 is 15.9 Å². The normalized spacial score (nSPS) is 11.0. The van der Waals surface area contributed by atoms with Crippen molar-refractivity contribution in [2.45, 2.75) is 11.8 Å². The van der Waals surface area contributed by atoms with Gasteiger partial charge in [-0.05, 0) is 55.0 Å². The summed E-state index contributed by atoms with van der Waals surface area (Å²) in [6.45, 7) is 1.67. The summed E-state index contributed by atoms with van der Waals surface area (Å²) in [5.41, 5.74) is 1.55. The van der Waals surface area contributed by atoms with Crippen LogP contribution in [0, 0.1) is 6.92 Å². The lowest BCUT2D eigenvalue weighted by atomic mass is 10.1. The van der Waals surface area contributed by atoms with Gasteiger partial charge in [-0.3, -0.25) is 9.52 Å². The van der Waals surface area contributed by atoms with Crippen LogP contribution in [0.5, 0.6) is 5.75 Å². The Morgan fingerprint density at radius 2 is 1.69 bits per heavy atom. The second-order valence-corrected chi connectivity index (χ2v) is 8.31. The average molecular weight is 431 g/mol. The summed E-state index contributed by atoms with van der Waals surface area (Å²) in [5.74, 6) is 0.0464. The molecule has 0 saturated heterocycles. The number of nitrogens with one attached hydrogen (secondary N) is 2. The van der Waals surface area contributed by atoms with E-state index in [2.05, 4.69) is 10.0 Å². The number of ether oxygens (including phenoxy) is 1. The van der Waals surface area contributed by atoms with Crippen molar-refractivity contribution < 1.29 is 17.9 Å². The summed E-state index contributed by atoms with van der Waals surface area (Å²) in [7, 11) is -2.28. The second-order valence-electron chi connectivity index (χ2n) is 6.20. The van der Waals surface area contributed by atoms with Crippen molar-refractivity contribution in [2.24, 2.45) is 0 Å². The van der Waals surface area contributed by atoms with Crippen LogP contribution >= 0.6 is 11.6 Å². The SMILES string of the molecule is COc1ccc(Cl)cc1NC(=O)c1cccc(NS(=O)(=O)c2ccccc2)c1C. The van der Waals surface area contributed by atoms with Crippen molar-refractivity contribution in [2.75, 3.05) is 17.1 Å². The minimum Gasteiger partial charge on any atom is -0.495 e. The Bertz CT molecular complexity index is 1150. The fourth-order valence-electron chi connectivity index (χ4n) is 2.76. The predicted octanol–water partition coefficient (Wildman–Crippen LogP) is 4.71. The zero-order valence-electron chi connectivity index (χ0n) is 15.8. The number of sulfonamides is 1. The molecule has 0 radical (unpaired) electrons. The van der Waals surface area contributed by atoms with Crippen LogP contribution in [0.4, 0.5) is 11.4 Å². The maximum atomic E-state index is 12.8. The van der Waals surface area contributed by atoms with Crippen molar-refractivity contribution in [1.82, 2.24) is 0 Å². The fraction of sp³-hybridized carbons (Fsp3) is 0.0952. The van der Waals surface area contributed by atoms with Gasteiger partial charge in [-0.1, -0.05) is 35.9 Å². The Balaban J connectivity index is 1.89. The Morgan fingerprint density at radius 3 is 2.38 bits per heavy atom. The highest BCUT2D eigenvalue weighted by atomic mass is 35.5. The molecular weight excluding hydrogens is 412 g/mol. The lowest BCUT2D eigenvalue weighted by Crippen LogP contribution is -2.17. The minimum atomic E-state index is -3.77. The number of carbonyl (C=O) groups excluding carboxylic acids is 1. The molecule has 1 amide bonds. The predicted molar refractivity (Wildman–Crippen MR) is 114 cm³/mol. The topological polar surface area (TPSA) is 84.5 Å². The van der Waals surface area contributed by atoms with Gasteiger partial charge in [0.1, 0.15) is 5.75 Å². The van der Waals surface area contributed by atoms with Crippen molar-refractivity contribution in [3.05, 3.63) is 82.9 Å². The molecule has 0 aliphatic carbocycles. The van der Waals surface area contributed by atoms with E-state index in [0.29, 0.717) is 33.3 Å². The minimum absolute atomic E-state index is 0.137. The highest BCUT2D eigenvalue weighted by molar-refractivity contribution is 7.92. The summed E-state index contributed by atoms with van der Waals surface area (Å²) >= 11 is 6.01. The maximum absolute atomic E-state index is 12.8. The van der Waals surface area contributed by atoms with Crippen molar-refractivity contribution in [1.29, 1.82) is 0 Å². The molecule has 6 nitrogen and oxygen atoms in total. The highest BCUT2D eigenvalue weighted by Crippen LogP contribution is 2.29. The summed E-state index contributed by atoms with van der Waals surface area (Å²) in [4.78, 5) is 13.0. The quantitative estimate of drug-likeness (QED) is 0.593. The lowest BCUT2D eigenvalue weighted by molar-refractivity contribution is 0.102. The van der Waals surface area contributed by atoms with Gasteiger partial charge in [-0.25, -0.2) is 8.42 Å². The molecule has 2 N–H and O–H groups in total. The first kappa shape index (κ1) is 20.7. The van der Waals surface area contributed by atoms with Crippen LogP contribution in [0.1, 0.15) is 15.9 Å². The molecule has 0 spiro atoms. The van der Waals surface area contributed by atoms with Gasteiger partial charge in [0.05, 0.1) is 23.4 Å². The number of carbonyl (C=O) groups is 1. The first-order valence-corrected chi connectivity index (χ1v) is 10.5. The Hall–Kier alpha value is -3.03. The van der Waals surface area contributed by atoms with Crippen molar-refractivity contribution in [3.8, 4) is 5.75 Å². The first-order valence-electron chi connectivity index (χ1n) is 8.64.